The van der Waals surface area contributed by atoms with E-state index in [1.54, 1.807) is 0 Å². The van der Waals surface area contributed by atoms with Gasteiger partial charge in [-0.3, -0.25) is 9.69 Å². The summed E-state index contributed by atoms with van der Waals surface area (Å²) >= 11 is 0. The van der Waals surface area contributed by atoms with Crippen molar-refractivity contribution in [1.29, 1.82) is 0 Å². The number of hydrogen-bond donors (Lipinski definition) is 0. The summed E-state index contributed by atoms with van der Waals surface area (Å²) in [5, 5.41) is 0. The van der Waals surface area contributed by atoms with Crippen molar-refractivity contribution in [2.45, 2.75) is 52.0 Å². The maximum Gasteiger partial charge on any atom is 0.236 e. The number of hydrogen-bond acceptors (Lipinski definition) is 7. The first kappa shape index (κ1) is 20.8. The highest BCUT2D eigenvalue weighted by Gasteiger charge is 2.27. The molecule has 1 amide bonds. The smallest absolute Gasteiger partial charge is 0.236 e. The molecule has 1 aromatic rings. The molecule has 2 aliphatic rings. The molecule has 28 heavy (non-hydrogen) atoms. The molecule has 0 aromatic carbocycles. The topological polar surface area (TPSA) is 68.7 Å². The van der Waals surface area contributed by atoms with Gasteiger partial charge in [0.2, 0.25) is 17.8 Å². The van der Waals surface area contributed by atoms with E-state index in [4.69, 9.17) is 4.98 Å². The predicted octanol–water partition coefficient (Wildman–Crippen LogP) is 1.58. The fraction of sp³-hybridized carbons (Fsp3) is 0.800. The van der Waals surface area contributed by atoms with Crippen LogP contribution in [0.1, 0.15) is 51.8 Å². The van der Waals surface area contributed by atoms with Crippen LogP contribution in [0.15, 0.2) is 0 Å². The molecule has 2 fully saturated rings. The number of piperidine rings is 1. The molecule has 0 spiro atoms. The lowest BCUT2D eigenvalue weighted by Gasteiger charge is -2.38. The lowest BCUT2D eigenvalue weighted by atomic mass is 10.0. The maximum atomic E-state index is 12.7. The second kappa shape index (κ2) is 9.03. The van der Waals surface area contributed by atoms with Gasteiger partial charge >= 0.3 is 0 Å². The van der Waals surface area contributed by atoms with E-state index >= 15 is 0 Å². The van der Waals surface area contributed by atoms with Gasteiger partial charge in [0.15, 0.2) is 0 Å². The van der Waals surface area contributed by atoms with Crippen LogP contribution in [-0.4, -0.2) is 90.1 Å². The number of likely N-dealkylation sites (tertiary alicyclic amines) is 1. The number of carbonyl (C=O) groups excluding carboxylic acids is 1. The monoisotopic (exact) mass is 389 g/mol. The number of amides is 1. The molecule has 1 atom stereocenters. The Labute approximate surface area is 168 Å². The molecule has 0 aliphatic carbocycles. The van der Waals surface area contributed by atoms with Crippen LogP contribution in [0.25, 0.3) is 0 Å². The van der Waals surface area contributed by atoms with Crippen molar-refractivity contribution < 1.29 is 4.79 Å². The predicted molar refractivity (Wildman–Crippen MR) is 112 cm³/mol. The zero-order valence-electron chi connectivity index (χ0n) is 18.1. The molecule has 1 aromatic heterocycles. The number of rotatable bonds is 5. The van der Waals surface area contributed by atoms with Gasteiger partial charge in [0.1, 0.15) is 5.82 Å². The van der Waals surface area contributed by atoms with E-state index in [-0.39, 0.29) is 11.8 Å². The molecule has 8 heteroatoms. The molecule has 0 bridgehead atoms. The Hall–Kier alpha value is -1.96. The van der Waals surface area contributed by atoms with Gasteiger partial charge in [0.25, 0.3) is 0 Å². The number of piperazine rings is 1. The van der Waals surface area contributed by atoms with Crippen LogP contribution in [0.4, 0.5) is 11.9 Å². The first-order valence-corrected chi connectivity index (χ1v) is 10.5. The highest BCUT2D eigenvalue weighted by molar-refractivity contribution is 5.78. The maximum absolute atomic E-state index is 12.7. The van der Waals surface area contributed by atoms with E-state index in [9.17, 15) is 4.79 Å². The van der Waals surface area contributed by atoms with E-state index in [1.165, 1.54) is 6.42 Å². The molecule has 156 valence electrons. The van der Waals surface area contributed by atoms with Gasteiger partial charge in [-0.1, -0.05) is 13.8 Å². The standard InChI is InChI=1S/C20H35N7O/c1-15(2)18-21-19(24(4)5)23-20(22-18)26-12-10-25(11-13-26)14-17(28)27-9-7-6-8-16(27)3/h15-16H,6-14H2,1-5H3. The molecule has 8 nitrogen and oxygen atoms in total. The van der Waals surface area contributed by atoms with Gasteiger partial charge in [-0.2, -0.15) is 15.0 Å². The molecule has 3 rings (SSSR count). The van der Waals surface area contributed by atoms with Crippen molar-refractivity contribution in [3.63, 3.8) is 0 Å². The van der Waals surface area contributed by atoms with Gasteiger partial charge in [-0.25, -0.2) is 0 Å². The van der Waals surface area contributed by atoms with Gasteiger partial charge in [-0.05, 0) is 26.2 Å². The highest BCUT2D eigenvalue weighted by atomic mass is 16.2. The zero-order chi connectivity index (χ0) is 20.3. The van der Waals surface area contributed by atoms with Gasteiger partial charge in [-0.15, -0.1) is 0 Å². The van der Waals surface area contributed by atoms with Crippen molar-refractivity contribution in [1.82, 2.24) is 24.8 Å². The van der Waals surface area contributed by atoms with Crippen LogP contribution >= 0.6 is 0 Å². The lowest BCUT2D eigenvalue weighted by Crippen LogP contribution is -2.52. The fourth-order valence-electron chi connectivity index (χ4n) is 3.83. The summed E-state index contributed by atoms with van der Waals surface area (Å²) in [6.07, 6.45) is 3.50. The van der Waals surface area contributed by atoms with Crippen LogP contribution in [0, 0.1) is 0 Å². The van der Waals surface area contributed by atoms with Crippen LogP contribution in [0.2, 0.25) is 0 Å². The summed E-state index contributed by atoms with van der Waals surface area (Å²) in [5.41, 5.74) is 0. The number of nitrogens with zero attached hydrogens (tertiary/aromatic N) is 7. The van der Waals surface area contributed by atoms with Crippen LogP contribution in [0.3, 0.4) is 0 Å². The second-order valence-corrected chi connectivity index (χ2v) is 8.54. The van der Waals surface area contributed by atoms with Gasteiger partial charge < -0.3 is 14.7 Å². The van der Waals surface area contributed by atoms with Gasteiger partial charge in [0, 0.05) is 58.8 Å². The molecular weight excluding hydrogens is 354 g/mol. The van der Waals surface area contributed by atoms with E-state index in [0.717, 1.165) is 57.3 Å². The number of anilines is 2. The number of carbonyl (C=O) groups is 1. The van der Waals surface area contributed by atoms with Crippen molar-refractivity contribution in [2.24, 2.45) is 0 Å². The van der Waals surface area contributed by atoms with Crippen molar-refractivity contribution >= 4 is 17.8 Å². The minimum atomic E-state index is 0.255. The normalized spacial score (nSPS) is 21.3. The fourth-order valence-corrected chi connectivity index (χ4v) is 3.83. The molecule has 1 unspecified atom stereocenters. The van der Waals surface area contributed by atoms with E-state index in [1.807, 2.05) is 19.0 Å². The average Bonchev–Trinajstić information content (AvgIpc) is 2.68. The first-order chi connectivity index (χ1) is 13.3. The van der Waals surface area contributed by atoms with Crippen LogP contribution in [0.5, 0.6) is 0 Å². The average molecular weight is 390 g/mol. The van der Waals surface area contributed by atoms with Crippen molar-refractivity contribution in [3.8, 4) is 0 Å². The first-order valence-electron chi connectivity index (χ1n) is 10.5. The molecule has 2 saturated heterocycles. The molecule has 0 saturated carbocycles. The second-order valence-electron chi connectivity index (χ2n) is 8.54. The summed E-state index contributed by atoms with van der Waals surface area (Å²) < 4.78 is 0. The van der Waals surface area contributed by atoms with Crippen molar-refractivity contribution in [3.05, 3.63) is 5.82 Å². The van der Waals surface area contributed by atoms with Crippen LogP contribution < -0.4 is 9.80 Å². The highest BCUT2D eigenvalue weighted by Crippen LogP contribution is 2.20. The van der Waals surface area contributed by atoms with Crippen molar-refractivity contribution in [2.75, 3.05) is 63.2 Å². The zero-order valence-corrected chi connectivity index (χ0v) is 18.1. The Balaban J connectivity index is 1.60. The van der Waals surface area contributed by atoms with Crippen LogP contribution in [-0.2, 0) is 4.79 Å². The van der Waals surface area contributed by atoms with E-state index in [2.05, 4.69) is 45.4 Å². The lowest BCUT2D eigenvalue weighted by molar-refractivity contribution is -0.135. The Morgan fingerprint density at radius 2 is 1.79 bits per heavy atom. The number of aromatic nitrogens is 3. The third-order valence-corrected chi connectivity index (χ3v) is 5.68. The quantitative estimate of drug-likeness (QED) is 0.757. The summed E-state index contributed by atoms with van der Waals surface area (Å²) in [6, 6.07) is 0.381. The minimum Gasteiger partial charge on any atom is -0.347 e. The Morgan fingerprint density at radius 3 is 2.39 bits per heavy atom. The molecule has 2 aliphatic heterocycles. The largest absolute Gasteiger partial charge is 0.347 e. The Kier molecular flexibility index (Phi) is 6.69. The van der Waals surface area contributed by atoms with Gasteiger partial charge in [0.05, 0.1) is 6.54 Å². The SMILES string of the molecule is CC(C)c1nc(N(C)C)nc(N2CCN(CC(=O)N3CCCCC3C)CC2)n1. The minimum absolute atomic E-state index is 0.255. The summed E-state index contributed by atoms with van der Waals surface area (Å²) in [4.78, 5) is 35.1. The van der Waals surface area contributed by atoms with E-state index < -0.39 is 0 Å². The summed E-state index contributed by atoms with van der Waals surface area (Å²) in [7, 11) is 3.91. The molecule has 0 radical (unpaired) electrons. The van der Waals surface area contributed by atoms with E-state index in [0.29, 0.717) is 18.5 Å². The Morgan fingerprint density at radius 1 is 1.07 bits per heavy atom. The summed E-state index contributed by atoms with van der Waals surface area (Å²) in [5.74, 6) is 2.80. The molecule has 0 N–H and O–H groups in total. The Bertz CT molecular complexity index is 644. The molecular formula is C20H35N7O. The summed E-state index contributed by atoms with van der Waals surface area (Å²) in [6.45, 7) is 11.2. The molecule has 3 heterocycles. The third kappa shape index (κ3) is 4.90. The third-order valence-electron chi connectivity index (χ3n) is 5.68.